The van der Waals surface area contributed by atoms with Gasteiger partial charge in [0, 0.05) is 12.1 Å². The number of fused-ring (bicyclic) bond motifs is 1. The molecule has 0 aliphatic carbocycles. The first-order valence-corrected chi connectivity index (χ1v) is 7.10. The quantitative estimate of drug-likeness (QED) is 0.507. The van der Waals surface area contributed by atoms with E-state index in [-0.39, 0.29) is 11.7 Å². The van der Waals surface area contributed by atoms with E-state index in [9.17, 15) is 4.39 Å². The van der Waals surface area contributed by atoms with Crippen LogP contribution in [0.1, 0.15) is 11.6 Å². The van der Waals surface area contributed by atoms with E-state index in [1.54, 1.807) is 18.3 Å². The Labute approximate surface area is 126 Å². The normalized spacial score (nSPS) is 11.3. The van der Waals surface area contributed by atoms with Gasteiger partial charge in [0.2, 0.25) is 0 Å². The zero-order chi connectivity index (χ0) is 13.4. The van der Waals surface area contributed by atoms with Crippen molar-refractivity contribution in [3.05, 3.63) is 45.4 Å². The van der Waals surface area contributed by atoms with Crippen molar-refractivity contribution in [2.24, 2.45) is 0 Å². The summed E-state index contributed by atoms with van der Waals surface area (Å²) in [5, 5.41) is 3.65. The summed E-state index contributed by atoms with van der Waals surface area (Å²) < 4.78 is 21.1. The molecule has 0 saturated carbocycles. The monoisotopic (exact) mass is 391 g/mol. The largest absolute Gasteiger partial charge is 0.359 e. The van der Waals surface area contributed by atoms with Gasteiger partial charge in [-0.1, -0.05) is 5.16 Å². The second kappa shape index (κ2) is 5.09. The Bertz CT molecular complexity index is 726. The molecule has 0 spiro atoms. The lowest BCUT2D eigenvalue weighted by atomic mass is 10.3. The molecule has 0 fully saturated rings. The molecule has 0 bridgehead atoms. The Morgan fingerprint density at radius 3 is 2.95 bits per heavy atom. The van der Waals surface area contributed by atoms with Crippen LogP contribution in [0.25, 0.3) is 11.0 Å². The van der Waals surface area contributed by atoms with Gasteiger partial charge in [-0.05, 0) is 28.7 Å². The van der Waals surface area contributed by atoms with Crippen LogP contribution in [0.15, 0.2) is 28.9 Å². The predicted octanol–water partition coefficient (Wildman–Crippen LogP) is 3.56. The Hall–Kier alpha value is -1.15. The maximum atomic E-state index is 13.7. The molecule has 2 aromatic heterocycles. The van der Waals surface area contributed by atoms with Crippen molar-refractivity contribution in [2.75, 3.05) is 0 Å². The SMILES string of the molecule is Fc1cc2c(cc1I)nc(CCl)n2Cc1ccno1. The number of hydrogen-bond acceptors (Lipinski definition) is 3. The summed E-state index contributed by atoms with van der Waals surface area (Å²) in [6.45, 7) is 0.429. The van der Waals surface area contributed by atoms with Crippen molar-refractivity contribution in [3.8, 4) is 0 Å². The maximum absolute atomic E-state index is 13.7. The zero-order valence-electron chi connectivity index (χ0n) is 9.61. The highest BCUT2D eigenvalue weighted by atomic mass is 127. The van der Waals surface area contributed by atoms with Crippen molar-refractivity contribution in [2.45, 2.75) is 12.4 Å². The van der Waals surface area contributed by atoms with Gasteiger partial charge in [0.25, 0.3) is 0 Å². The number of hydrogen-bond donors (Lipinski definition) is 0. The van der Waals surface area contributed by atoms with Gasteiger partial charge in [0.05, 0.1) is 33.2 Å². The molecule has 0 atom stereocenters. The Kier molecular flexibility index (Phi) is 3.44. The van der Waals surface area contributed by atoms with Gasteiger partial charge in [-0.15, -0.1) is 11.6 Å². The van der Waals surface area contributed by atoms with Gasteiger partial charge in [-0.3, -0.25) is 0 Å². The second-order valence-corrected chi connectivity index (χ2v) is 5.41. The summed E-state index contributed by atoms with van der Waals surface area (Å²) in [5.41, 5.74) is 1.42. The highest BCUT2D eigenvalue weighted by Gasteiger charge is 2.14. The van der Waals surface area contributed by atoms with Crippen LogP contribution in [-0.2, 0) is 12.4 Å². The lowest BCUT2D eigenvalue weighted by molar-refractivity contribution is 0.376. The van der Waals surface area contributed by atoms with Crippen LogP contribution >= 0.6 is 34.2 Å². The fourth-order valence-corrected chi connectivity index (χ4v) is 2.58. The zero-order valence-corrected chi connectivity index (χ0v) is 12.5. The molecule has 0 aliphatic rings. The molecule has 0 N–H and O–H groups in total. The molecular weight excluding hydrogens is 384 g/mol. The summed E-state index contributed by atoms with van der Waals surface area (Å²) in [4.78, 5) is 4.41. The fraction of sp³-hybridized carbons (Fsp3) is 0.167. The summed E-state index contributed by atoms with van der Waals surface area (Å²) in [7, 11) is 0. The molecule has 4 nitrogen and oxygen atoms in total. The number of imidazole rings is 1. The molecule has 1 aromatic carbocycles. The fourth-order valence-electron chi connectivity index (χ4n) is 1.93. The van der Waals surface area contributed by atoms with E-state index >= 15 is 0 Å². The van der Waals surface area contributed by atoms with Crippen LogP contribution in [0.3, 0.4) is 0 Å². The second-order valence-electron chi connectivity index (χ2n) is 3.98. The first kappa shape index (κ1) is 12.9. The lowest BCUT2D eigenvalue weighted by Gasteiger charge is -2.05. The van der Waals surface area contributed by atoms with E-state index in [0.717, 1.165) is 5.52 Å². The van der Waals surface area contributed by atoms with Crippen LogP contribution in [0.4, 0.5) is 4.39 Å². The van der Waals surface area contributed by atoms with Crippen LogP contribution in [0, 0.1) is 9.39 Å². The third-order valence-corrected chi connectivity index (χ3v) is 3.86. The molecule has 0 saturated heterocycles. The number of benzene rings is 1. The predicted molar refractivity (Wildman–Crippen MR) is 77.6 cm³/mol. The van der Waals surface area contributed by atoms with Gasteiger partial charge in [0.15, 0.2) is 5.76 Å². The van der Waals surface area contributed by atoms with E-state index in [2.05, 4.69) is 10.1 Å². The molecule has 3 aromatic rings. The minimum atomic E-state index is -0.270. The molecular formula is C12H8ClFIN3O. The maximum Gasteiger partial charge on any atom is 0.156 e. The molecule has 0 aliphatic heterocycles. The van der Waals surface area contributed by atoms with E-state index in [4.69, 9.17) is 16.1 Å². The number of aromatic nitrogens is 3. The van der Waals surface area contributed by atoms with Crippen LogP contribution in [-0.4, -0.2) is 14.7 Å². The molecule has 2 heterocycles. The third-order valence-electron chi connectivity index (χ3n) is 2.79. The minimum Gasteiger partial charge on any atom is -0.359 e. The molecule has 7 heteroatoms. The van der Waals surface area contributed by atoms with E-state index in [1.165, 1.54) is 6.07 Å². The summed E-state index contributed by atoms with van der Waals surface area (Å²) in [6, 6.07) is 4.93. The van der Waals surface area contributed by atoms with Crippen molar-refractivity contribution < 1.29 is 8.91 Å². The summed E-state index contributed by atoms with van der Waals surface area (Å²) >= 11 is 7.84. The highest BCUT2D eigenvalue weighted by molar-refractivity contribution is 14.1. The van der Waals surface area contributed by atoms with Crippen molar-refractivity contribution in [3.63, 3.8) is 0 Å². The molecule has 0 radical (unpaired) electrons. The molecule has 3 rings (SSSR count). The molecule has 19 heavy (non-hydrogen) atoms. The van der Waals surface area contributed by atoms with Crippen molar-refractivity contribution >= 4 is 45.2 Å². The lowest BCUT2D eigenvalue weighted by Crippen LogP contribution is -2.03. The smallest absolute Gasteiger partial charge is 0.156 e. The molecule has 0 unspecified atom stereocenters. The number of nitrogens with zero attached hydrogens (tertiary/aromatic N) is 3. The van der Waals surface area contributed by atoms with Crippen molar-refractivity contribution in [1.82, 2.24) is 14.7 Å². The first-order valence-electron chi connectivity index (χ1n) is 5.48. The van der Waals surface area contributed by atoms with Gasteiger partial charge < -0.3 is 9.09 Å². The summed E-state index contributed by atoms with van der Waals surface area (Å²) in [6.07, 6.45) is 1.57. The number of alkyl halides is 1. The van der Waals surface area contributed by atoms with Gasteiger partial charge >= 0.3 is 0 Å². The van der Waals surface area contributed by atoms with E-state index in [0.29, 0.717) is 27.2 Å². The molecule has 98 valence electrons. The highest BCUT2D eigenvalue weighted by Crippen LogP contribution is 2.23. The van der Waals surface area contributed by atoms with Crippen LogP contribution in [0.2, 0.25) is 0 Å². The van der Waals surface area contributed by atoms with Crippen LogP contribution < -0.4 is 0 Å². The number of rotatable bonds is 3. The van der Waals surface area contributed by atoms with E-state index in [1.807, 2.05) is 27.2 Å². The van der Waals surface area contributed by atoms with Gasteiger partial charge in [-0.25, -0.2) is 9.37 Å². The van der Waals surface area contributed by atoms with Crippen molar-refractivity contribution in [1.29, 1.82) is 0 Å². The average Bonchev–Trinajstić information content (AvgIpc) is 3.00. The summed E-state index contributed by atoms with van der Waals surface area (Å²) in [5.74, 6) is 1.33. The van der Waals surface area contributed by atoms with E-state index < -0.39 is 0 Å². The van der Waals surface area contributed by atoms with Gasteiger partial charge in [-0.2, -0.15) is 0 Å². The first-order chi connectivity index (χ1) is 9.19. The van der Waals surface area contributed by atoms with Gasteiger partial charge in [0.1, 0.15) is 11.6 Å². The molecule has 0 amide bonds. The standard InChI is InChI=1S/C12H8ClFIN3O/c13-5-12-17-10-4-9(15)8(14)3-11(10)18(12)6-7-1-2-16-19-7/h1-4H,5-6H2. The number of halogens is 3. The Morgan fingerprint density at radius 1 is 1.42 bits per heavy atom. The third kappa shape index (κ3) is 2.34. The Morgan fingerprint density at radius 2 is 2.26 bits per heavy atom. The van der Waals surface area contributed by atoms with Crippen LogP contribution in [0.5, 0.6) is 0 Å². The minimum absolute atomic E-state index is 0.251. The average molecular weight is 392 g/mol. The topological polar surface area (TPSA) is 43.9 Å². The Balaban J connectivity index is 2.17.